The number of aryl methyl sites for hydroxylation is 1. The summed E-state index contributed by atoms with van der Waals surface area (Å²) in [5, 5.41) is 12.5. The summed E-state index contributed by atoms with van der Waals surface area (Å²) in [6.07, 6.45) is 10.2. The summed E-state index contributed by atoms with van der Waals surface area (Å²) >= 11 is 0. The molecule has 1 heterocycles. The number of aromatic nitrogens is 1. The first-order valence-corrected chi connectivity index (χ1v) is 13.7. The van der Waals surface area contributed by atoms with Crippen LogP contribution in [-0.2, 0) is 21.4 Å². The van der Waals surface area contributed by atoms with Crippen LogP contribution in [0.3, 0.4) is 0 Å². The van der Waals surface area contributed by atoms with Crippen molar-refractivity contribution < 1.29 is 19.4 Å². The SMILES string of the molecule is C[C@H](NC(=O)CCCOc1ccc2c(c1)C1(CC2)CCC(C(=O)O)CC1)c1cccc(-c2cccnc2)c1. The summed E-state index contributed by atoms with van der Waals surface area (Å²) in [4.78, 5) is 28.2. The highest BCUT2D eigenvalue weighted by molar-refractivity contribution is 5.76. The first-order valence-electron chi connectivity index (χ1n) is 13.7. The molecule has 1 atom stereocenters. The van der Waals surface area contributed by atoms with Gasteiger partial charge in [0.25, 0.3) is 0 Å². The predicted molar refractivity (Wildman–Crippen MR) is 147 cm³/mol. The number of fused-ring (bicyclic) bond motifs is 2. The number of carbonyl (C=O) groups is 2. The molecule has 38 heavy (non-hydrogen) atoms. The Labute approximate surface area is 224 Å². The summed E-state index contributed by atoms with van der Waals surface area (Å²) in [7, 11) is 0. The highest BCUT2D eigenvalue weighted by atomic mass is 16.5. The number of benzene rings is 2. The number of carboxylic acids is 1. The van der Waals surface area contributed by atoms with Crippen LogP contribution in [0.1, 0.15) is 74.6 Å². The normalized spacial score (nSPS) is 21.0. The quantitative estimate of drug-likeness (QED) is 0.331. The Balaban J connectivity index is 1.10. The van der Waals surface area contributed by atoms with E-state index in [0.717, 1.165) is 61.0 Å². The molecule has 0 bridgehead atoms. The summed E-state index contributed by atoms with van der Waals surface area (Å²) < 4.78 is 6.05. The van der Waals surface area contributed by atoms with Crippen molar-refractivity contribution in [2.75, 3.05) is 6.61 Å². The lowest BCUT2D eigenvalue weighted by Gasteiger charge is -2.37. The zero-order valence-electron chi connectivity index (χ0n) is 22.0. The van der Waals surface area contributed by atoms with Crippen molar-refractivity contribution in [1.29, 1.82) is 0 Å². The van der Waals surface area contributed by atoms with Crippen LogP contribution in [0.4, 0.5) is 0 Å². The number of carboxylic acid groups (broad SMARTS) is 1. The maximum absolute atomic E-state index is 12.6. The number of nitrogens with one attached hydrogen (secondary N) is 1. The molecule has 0 saturated heterocycles. The number of nitrogens with zero attached hydrogens (tertiary/aromatic N) is 1. The number of ether oxygens (including phenoxy) is 1. The lowest BCUT2D eigenvalue weighted by atomic mass is 9.67. The average molecular weight is 513 g/mol. The molecule has 2 N–H and O–H groups in total. The van der Waals surface area contributed by atoms with E-state index in [-0.39, 0.29) is 23.3 Å². The highest BCUT2D eigenvalue weighted by Crippen LogP contribution is 2.50. The molecule has 2 aromatic carbocycles. The molecule has 2 aliphatic carbocycles. The van der Waals surface area contributed by atoms with Gasteiger partial charge in [0.2, 0.25) is 5.91 Å². The van der Waals surface area contributed by atoms with Crippen LogP contribution < -0.4 is 10.1 Å². The van der Waals surface area contributed by atoms with E-state index in [1.807, 2.05) is 49.5 Å². The third-order valence-electron chi connectivity index (χ3n) is 8.39. The minimum absolute atomic E-state index is 0.0102. The Kier molecular flexibility index (Phi) is 7.77. The van der Waals surface area contributed by atoms with Crippen molar-refractivity contribution in [3.05, 3.63) is 83.7 Å². The van der Waals surface area contributed by atoms with Gasteiger partial charge in [-0.2, -0.15) is 0 Å². The molecule has 5 rings (SSSR count). The molecule has 1 spiro atoms. The van der Waals surface area contributed by atoms with Gasteiger partial charge in [0.1, 0.15) is 5.75 Å². The Hall–Kier alpha value is -3.67. The van der Waals surface area contributed by atoms with Crippen LogP contribution in [0.25, 0.3) is 11.1 Å². The van der Waals surface area contributed by atoms with Crippen molar-refractivity contribution in [1.82, 2.24) is 10.3 Å². The van der Waals surface area contributed by atoms with Crippen LogP contribution in [0.2, 0.25) is 0 Å². The molecule has 0 unspecified atom stereocenters. The molecule has 1 fully saturated rings. The third-order valence-corrected chi connectivity index (χ3v) is 8.39. The fourth-order valence-corrected chi connectivity index (χ4v) is 6.14. The van der Waals surface area contributed by atoms with Gasteiger partial charge < -0.3 is 15.2 Å². The molecule has 2 aliphatic rings. The topological polar surface area (TPSA) is 88.5 Å². The van der Waals surface area contributed by atoms with E-state index in [9.17, 15) is 14.7 Å². The number of hydrogen-bond acceptors (Lipinski definition) is 4. The van der Waals surface area contributed by atoms with Gasteiger partial charge in [-0.3, -0.25) is 14.6 Å². The molecular weight excluding hydrogens is 476 g/mol. The van der Waals surface area contributed by atoms with Gasteiger partial charge in [-0.1, -0.05) is 30.3 Å². The number of carbonyl (C=O) groups excluding carboxylic acids is 1. The van der Waals surface area contributed by atoms with E-state index in [1.165, 1.54) is 11.1 Å². The van der Waals surface area contributed by atoms with Crippen molar-refractivity contribution in [2.45, 2.75) is 69.7 Å². The number of rotatable bonds is 9. The minimum atomic E-state index is -0.660. The second kappa shape index (κ2) is 11.4. The van der Waals surface area contributed by atoms with E-state index in [2.05, 4.69) is 28.5 Å². The fourth-order valence-electron chi connectivity index (χ4n) is 6.14. The molecule has 6 nitrogen and oxygen atoms in total. The largest absolute Gasteiger partial charge is 0.494 e. The monoisotopic (exact) mass is 512 g/mol. The summed E-state index contributed by atoms with van der Waals surface area (Å²) in [6.45, 7) is 2.48. The number of pyridine rings is 1. The van der Waals surface area contributed by atoms with Crippen molar-refractivity contribution in [2.24, 2.45) is 5.92 Å². The first kappa shape index (κ1) is 26.0. The molecule has 6 heteroatoms. The first-order chi connectivity index (χ1) is 18.4. The van der Waals surface area contributed by atoms with E-state index < -0.39 is 5.97 Å². The summed E-state index contributed by atoms with van der Waals surface area (Å²) in [6, 6.07) is 18.4. The summed E-state index contributed by atoms with van der Waals surface area (Å²) in [5.41, 5.74) is 6.00. The van der Waals surface area contributed by atoms with E-state index in [4.69, 9.17) is 4.74 Å². The fraction of sp³-hybridized carbons (Fsp3) is 0.406. The zero-order valence-corrected chi connectivity index (χ0v) is 22.0. The lowest BCUT2D eigenvalue weighted by Crippen LogP contribution is -2.32. The van der Waals surface area contributed by atoms with Gasteiger partial charge in [0, 0.05) is 18.8 Å². The molecule has 1 amide bonds. The molecule has 3 aromatic rings. The van der Waals surface area contributed by atoms with Crippen LogP contribution in [0.5, 0.6) is 5.75 Å². The molecule has 1 aromatic heterocycles. The molecule has 1 saturated carbocycles. The lowest BCUT2D eigenvalue weighted by molar-refractivity contribution is -0.143. The van der Waals surface area contributed by atoms with E-state index >= 15 is 0 Å². The van der Waals surface area contributed by atoms with Crippen molar-refractivity contribution in [3.63, 3.8) is 0 Å². The van der Waals surface area contributed by atoms with Crippen LogP contribution >= 0.6 is 0 Å². The predicted octanol–water partition coefficient (Wildman–Crippen LogP) is 6.24. The molecule has 0 radical (unpaired) electrons. The number of aliphatic carboxylic acids is 1. The Morgan fingerprint density at radius 3 is 2.66 bits per heavy atom. The van der Waals surface area contributed by atoms with Crippen LogP contribution in [0, 0.1) is 5.92 Å². The Morgan fingerprint density at radius 1 is 1.08 bits per heavy atom. The Morgan fingerprint density at radius 2 is 1.89 bits per heavy atom. The average Bonchev–Trinajstić information content (AvgIpc) is 3.29. The smallest absolute Gasteiger partial charge is 0.306 e. The molecule has 198 valence electrons. The standard InChI is InChI=1S/C32H36N2O4/c1-22(25-5-2-6-26(19-25)27-7-3-17-33-21-27)34-30(35)8-4-18-38-28-10-9-23-11-14-32(29(23)20-28)15-12-24(13-16-32)31(36)37/h2-3,5-7,9-10,17,19-22,24H,4,8,11-16,18H2,1H3,(H,34,35)(H,36,37)/t22-,24?,32?/m0/s1. The van der Waals surface area contributed by atoms with E-state index in [0.29, 0.717) is 19.4 Å². The zero-order chi connectivity index (χ0) is 26.5. The van der Waals surface area contributed by atoms with Gasteiger partial charge in [-0.25, -0.2) is 0 Å². The van der Waals surface area contributed by atoms with Crippen LogP contribution in [-0.4, -0.2) is 28.6 Å². The Bertz CT molecular complexity index is 1280. The third kappa shape index (κ3) is 5.74. The van der Waals surface area contributed by atoms with Crippen molar-refractivity contribution >= 4 is 11.9 Å². The van der Waals surface area contributed by atoms with Gasteiger partial charge in [-0.05, 0) is 109 Å². The van der Waals surface area contributed by atoms with Gasteiger partial charge in [-0.15, -0.1) is 0 Å². The second-order valence-electron chi connectivity index (χ2n) is 10.8. The number of hydrogen-bond donors (Lipinski definition) is 2. The summed E-state index contributed by atoms with van der Waals surface area (Å²) in [5.74, 6) is -0.0164. The number of amides is 1. The van der Waals surface area contributed by atoms with Crippen molar-refractivity contribution in [3.8, 4) is 16.9 Å². The van der Waals surface area contributed by atoms with E-state index in [1.54, 1.807) is 6.20 Å². The highest BCUT2D eigenvalue weighted by Gasteiger charge is 2.43. The minimum Gasteiger partial charge on any atom is -0.494 e. The van der Waals surface area contributed by atoms with Gasteiger partial charge >= 0.3 is 5.97 Å². The van der Waals surface area contributed by atoms with Gasteiger partial charge in [0.15, 0.2) is 0 Å². The second-order valence-corrected chi connectivity index (χ2v) is 10.8. The maximum Gasteiger partial charge on any atom is 0.306 e. The molecular formula is C32H36N2O4. The van der Waals surface area contributed by atoms with Crippen LogP contribution in [0.15, 0.2) is 67.0 Å². The van der Waals surface area contributed by atoms with Gasteiger partial charge in [0.05, 0.1) is 18.6 Å². The maximum atomic E-state index is 12.6. The molecule has 0 aliphatic heterocycles.